The first kappa shape index (κ1) is 11.2. The van der Waals surface area contributed by atoms with Gasteiger partial charge >= 0.3 is 0 Å². The molecule has 0 radical (unpaired) electrons. The molecule has 1 atom stereocenters. The van der Waals surface area contributed by atoms with Crippen LogP contribution in [0.25, 0.3) is 0 Å². The molecule has 1 unspecified atom stereocenters. The quantitative estimate of drug-likeness (QED) is 0.866. The minimum absolute atomic E-state index is 0.649. The van der Waals surface area contributed by atoms with Crippen LogP contribution in [0.4, 0.5) is 0 Å². The number of nitrogens with zero attached hydrogens (tertiary/aromatic N) is 1. The summed E-state index contributed by atoms with van der Waals surface area (Å²) in [6.07, 6.45) is 6.78. The molecule has 0 aliphatic carbocycles. The van der Waals surface area contributed by atoms with Crippen LogP contribution in [0, 0.1) is 5.92 Å². The third-order valence-electron chi connectivity index (χ3n) is 2.84. The van der Waals surface area contributed by atoms with Crippen molar-refractivity contribution in [1.82, 2.24) is 10.3 Å². The lowest BCUT2D eigenvalue weighted by molar-refractivity contribution is 0.376. The van der Waals surface area contributed by atoms with Crippen molar-refractivity contribution in [3.05, 3.63) is 28.0 Å². The summed E-state index contributed by atoms with van der Waals surface area (Å²) in [6.45, 7) is 2.20. The first-order chi connectivity index (χ1) is 7.27. The number of rotatable bonds is 2. The molecule has 2 heterocycles. The molecule has 0 aromatic carbocycles. The molecule has 2 nitrogen and oxygen atoms in total. The average molecular weight is 245 g/mol. The summed E-state index contributed by atoms with van der Waals surface area (Å²) in [7, 11) is 0. The number of piperidine rings is 1. The Morgan fingerprint density at radius 3 is 2.67 bits per heavy atom. The van der Waals surface area contributed by atoms with Gasteiger partial charge in [0.2, 0.25) is 0 Å². The van der Waals surface area contributed by atoms with Gasteiger partial charge in [-0.25, -0.2) is 0 Å². The van der Waals surface area contributed by atoms with Crippen LogP contribution in [0.15, 0.2) is 12.4 Å². The summed E-state index contributed by atoms with van der Waals surface area (Å²) in [5.74, 6) is 0.649. The summed E-state index contributed by atoms with van der Waals surface area (Å²) in [6, 6.07) is 0. The Balaban J connectivity index is 2.09. The number of nitrogens with one attached hydrogen (secondary N) is 1. The third-order valence-corrected chi connectivity index (χ3v) is 3.50. The molecular weight excluding hydrogens is 231 g/mol. The largest absolute Gasteiger partial charge is 0.316 e. The van der Waals surface area contributed by atoms with Gasteiger partial charge in [-0.3, -0.25) is 4.98 Å². The minimum atomic E-state index is 0.649. The highest BCUT2D eigenvalue weighted by atomic mass is 35.5. The molecule has 1 N–H and O–H groups in total. The number of hydrogen-bond acceptors (Lipinski definition) is 2. The van der Waals surface area contributed by atoms with E-state index in [9.17, 15) is 0 Å². The molecule has 1 fully saturated rings. The zero-order valence-electron chi connectivity index (χ0n) is 8.47. The number of hydrogen-bond donors (Lipinski definition) is 1. The van der Waals surface area contributed by atoms with E-state index in [1.165, 1.54) is 12.8 Å². The highest BCUT2D eigenvalue weighted by Gasteiger charge is 2.16. The summed E-state index contributed by atoms with van der Waals surface area (Å²) in [5, 5.41) is 4.77. The second kappa shape index (κ2) is 5.15. The molecule has 82 valence electrons. The highest BCUT2D eigenvalue weighted by molar-refractivity contribution is 6.35. The minimum Gasteiger partial charge on any atom is -0.316 e. The predicted molar refractivity (Wildman–Crippen MR) is 63.6 cm³/mol. The van der Waals surface area contributed by atoms with Crippen LogP contribution in [-0.2, 0) is 6.42 Å². The monoisotopic (exact) mass is 244 g/mol. The summed E-state index contributed by atoms with van der Waals surface area (Å²) in [5.41, 5.74) is 1.04. The Morgan fingerprint density at radius 2 is 2.07 bits per heavy atom. The van der Waals surface area contributed by atoms with Gasteiger partial charge in [0.1, 0.15) is 0 Å². The van der Waals surface area contributed by atoms with Gasteiger partial charge in [0.05, 0.1) is 10.0 Å². The van der Waals surface area contributed by atoms with Crippen LogP contribution >= 0.6 is 23.2 Å². The van der Waals surface area contributed by atoms with E-state index < -0.39 is 0 Å². The molecule has 1 aliphatic rings. The molecule has 0 spiro atoms. The van der Waals surface area contributed by atoms with Gasteiger partial charge in [0.25, 0.3) is 0 Å². The molecule has 1 aromatic heterocycles. The maximum Gasteiger partial charge on any atom is 0.0636 e. The van der Waals surface area contributed by atoms with Gasteiger partial charge in [-0.1, -0.05) is 23.2 Å². The molecule has 0 saturated carbocycles. The first-order valence-electron chi connectivity index (χ1n) is 5.26. The first-order valence-corrected chi connectivity index (χ1v) is 6.01. The molecule has 15 heavy (non-hydrogen) atoms. The van der Waals surface area contributed by atoms with Crippen molar-refractivity contribution in [2.45, 2.75) is 19.3 Å². The fourth-order valence-corrected chi connectivity index (χ4v) is 2.54. The van der Waals surface area contributed by atoms with Crippen molar-refractivity contribution in [2.75, 3.05) is 13.1 Å². The molecule has 1 saturated heterocycles. The molecule has 2 rings (SSSR count). The normalized spacial score (nSPS) is 21.6. The van der Waals surface area contributed by atoms with Crippen molar-refractivity contribution in [2.24, 2.45) is 5.92 Å². The van der Waals surface area contributed by atoms with Crippen LogP contribution in [0.3, 0.4) is 0 Å². The van der Waals surface area contributed by atoms with E-state index in [4.69, 9.17) is 23.2 Å². The fourth-order valence-electron chi connectivity index (χ4n) is 2.02. The number of pyridine rings is 1. The van der Waals surface area contributed by atoms with Gasteiger partial charge in [-0.15, -0.1) is 0 Å². The van der Waals surface area contributed by atoms with E-state index >= 15 is 0 Å². The van der Waals surface area contributed by atoms with Crippen LogP contribution in [0.1, 0.15) is 18.4 Å². The van der Waals surface area contributed by atoms with E-state index in [1.54, 1.807) is 12.4 Å². The van der Waals surface area contributed by atoms with E-state index in [-0.39, 0.29) is 0 Å². The van der Waals surface area contributed by atoms with Gasteiger partial charge in [-0.2, -0.15) is 0 Å². The van der Waals surface area contributed by atoms with E-state index in [0.29, 0.717) is 16.0 Å². The summed E-state index contributed by atoms with van der Waals surface area (Å²) in [4.78, 5) is 3.96. The SMILES string of the molecule is Clc1cncc(Cl)c1CC1CCCNC1. The van der Waals surface area contributed by atoms with Crippen molar-refractivity contribution in [3.63, 3.8) is 0 Å². The van der Waals surface area contributed by atoms with Crippen molar-refractivity contribution in [1.29, 1.82) is 0 Å². The summed E-state index contributed by atoms with van der Waals surface area (Å²) < 4.78 is 0. The Kier molecular flexibility index (Phi) is 3.84. The lowest BCUT2D eigenvalue weighted by Crippen LogP contribution is -2.30. The van der Waals surface area contributed by atoms with E-state index in [0.717, 1.165) is 25.1 Å². The van der Waals surface area contributed by atoms with Gasteiger partial charge in [0, 0.05) is 12.4 Å². The van der Waals surface area contributed by atoms with Crippen molar-refractivity contribution in [3.8, 4) is 0 Å². The lowest BCUT2D eigenvalue weighted by atomic mass is 9.93. The Hall–Kier alpha value is -0.310. The zero-order valence-corrected chi connectivity index (χ0v) is 9.98. The van der Waals surface area contributed by atoms with Crippen molar-refractivity contribution < 1.29 is 0 Å². The fraction of sp³-hybridized carbons (Fsp3) is 0.545. The lowest BCUT2D eigenvalue weighted by Gasteiger charge is -2.23. The smallest absolute Gasteiger partial charge is 0.0636 e. The van der Waals surface area contributed by atoms with Crippen LogP contribution in [0.5, 0.6) is 0 Å². The maximum absolute atomic E-state index is 6.08. The Morgan fingerprint density at radius 1 is 1.33 bits per heavy atom. The predicted octanol–water partition coefficient (Wildman–Crippen LogP) is 2.93. The van der Waals surface area contributed by atoms with Gasteiger partial charge in [0.15, 0.2) is 0 Å². The van der Waals surface area contributed by atoms with Crippen LogP contribution < -0.4 is 5.32 Å². The molecule has 0 amide bonds. The Bertz CT molecular complexity index is 315. The molecular formula is C11H14Cl2N2. The molecule has 0 bridgehead atoms. The van der Waals surface area contributed by atoms with Crippen LogP contribution in [0.2, 0.25) is 10.0 Å². The molecule has 4 heteroatoms. The highest BCUT2D eigenvalue weighted by Crippen LogP contribution is 2.27. The number of aromatic nitrogens is 1. The van der Waals surface area contributed by atoms with Crippen LogP contribution in [-0.4, -0.2) is 18.1 Å². The summed E-state index contributed by atoms with van der Waals surface area (Å²) >= 11 is 12.2. The second-order valence-corrected chi connectivity index (χ2v) is 4.81. The van der Waals surface area contributed by atoms with E-state index in [1.807, 2.05) is 0 Å². The maximum atomic E-state index is 6.08. The molecule has 1 aromatic rings. The van der Waals surface area contributed by atoms with Gasteiger partial charge < -0.3 is 5.32 Å². The molecule has 1 aliphatic heterocycles. The Labute approximate surface area is 100.0 Å². The number of halogens is 2. The standard InChI is InChI=1S/C11H14Cl2N2/c12-10-6-15-7-11(13)9(10)4-8-2-1-3-14-5-8/h6-8,14H,1-5H2. The van der Waals surface area contributed by atoms with Crippen molar-refractivity contribution >= 4 is 23.2 Å². The zero-order chi connectivity index (χ0) is 10.7. The van der Waals surface area contributed by atoms with Gasteiger partial charge in [-0.05, 0) is 43.8 Å². The third kappa shape index (κ3) is 2.83. The average Bonchev–Trinajstić information content (AvgIpc) is 2.25. The second-order valence-electron chi connectivity index (χ2n) is 4.00. The topological polar surface area (TPSA) is 24.9 Å². The van der Waals surface area contributed by atoms with E-state index in [2.05, 4.69) is 10.3 Å².